The smallest absolute Gasteiger partial charge is 0.327 e. The second kappa shape index (κ2) is 9.86. The Morgan fingerprint density at radius 3 is 2.10 bits per heavy atom. The van der Waals surface area contributed by atoms with Crippen molar-refractivity contribution < 1.29 is 27.4 Å². The number of methoxy groups -OCH3 is 3. The van der Waals surface area contributed by atoms with Gasteiger partial charge in [-0.25, -0.2) is 13.2 Å². The van der Waals surface area contributed by atoms with Gasteiger partial charge < -0.3 is 14.2 Å². The van der Waals surface area contributed by atoms with Gasteiger partial charge in [0.2, 0.25) is 10.0 Å². The van der Waals surface area contributed by atoms with Gasteiger partial charge in [0.25, 0.3) is 0 Å². The number of carbonyl (C=O) groups is 1. The lowest BCUT2D eigenvalue weighted by molar-refractivity contribution is -0.147. The lowest BCUT2D eigenvalue weighted by Crippen LogP contribution is -2.51. The number of ether oxygens (including phenoxy) is 3. The van der Waals surface area contributed by atoms with Crippen LogP contribution in [0.5, 0.6) is 11.5 Å². The quantitative estimate of drug-likeness (QED) is 0.577. The summed E-state index contributed by atoms with van der Waals surface area (Å²) < 4.78 is 43.1. The zero-order valence-corrected chi connectivity index (χ0v) is 19.1. The fourth-order valence-corrected chi connectivity index (χ4v) is 5.14. The average Bonchev–Trinajstić information content (AvgIpc) is 2.80. The van der Waals surface area contributed by atoms with Crippen molar-refractivity contribution in [2.24, 2.45) is 0 Å². The van der Waals surface area contributed by atoms with Crippen molar-refractivity contribution in [2.75, 3.05) is 47.5 Å². The van der Waals surface area contributed by atoms with Crippen molar-refractivity contribution in [3.05, 3.63) is 53.1 Å². The molecule has 1 unspecified atom stereocenters. The maximum Gasteiger partial charge on any atom is 0.327 e. The molecule has 10 heteroatoms. The zero-order valence-electron chi connectivity index (χ0n) is 17.6. The number of hydrogen-bond donors (Lipinski definition) is 0. The first-order chi connectivity index (χ1) is 14.8. The Balaban J connectivity index is 1.78. The van der Waals surface area contributed by atoms with Crippen molar-refractivity contribution in [1.82, 2.24) is 9.21 Å². The molecule has 1 saturated heterocycles. The van der Waals surface area contributed by atoms with E-state index < -0.39 is 22.0 Å². The molecule has 0 amide bonds. The van der Waals surface area contributed by atoms with Gasteiger partial charge in [0, 0.05) is 37.3 Å². The van der Waals surface area contributed by atoms with Crippen LogP contribution in [0, 0.1) is 0 Å². The lowest BCUT2D eigenvalue weighted by atomic mass is 10.0. The van der Waals surface area contributed by atoms with Crippen LogP contribution in [0.4, 0.5) is 0 Å². The fraction of sp³-hybridized carbons (Fsp3) is 0.381. The van der Waals surface area contributed by atoms with E-state index in [0.717, 1.165) is 5.56 Å². The van der Waals surface area contributed by atoms with Crippen molar-refractivity contribution in [3.8, 4) is 11.5 Å². The molecule has 0 aromatic heterocycles. The van der Waals surface area contributed by atoms with Crippen molar-refractivity contribution in [2.45, 2.75) is 10.9 Å². The Morgan fingerprint density at radius 1 is 0.935 bits per heavy atom. The lowest BCUT2D eigenvalue weighted by Gasteiger charge is -2.37. The van der Waals surface area contributed by atoms with Crippen molar-refractivity contribution >= 4 is 27.6 Å². The third-order valence-corrected chi connectivity index (χ3v) is 7.39. The zero-order chi connectivity index (χ0) is 22.6. The predicted octanol–water partition coefficient (Wildman–Crippen LogP) is 2.58. The maximum atomic E-state index is 13.1. The molecule has 31 heavy (non-hydrogen) atoms. The molecule has 0 N–H and O–H groups in total. The van der Waals surface area contributed by atoms with E-state index in [1.54, 1.807) is 30.3 Å². The summed E-state index contributed by atoms with van der Waals surface area (Å²) in [6, 6.07) is 10.9. The van der Waals surface area contributed by atoms with Crippen molar-refractivity contribution in [1.29, 1.82) is 0 Å². The number of carbonyl (C=O) groups excluding carboxylic acids is 1. The monoisotopic (exact) mass is 468 g/mol. The Labute approximate surface area is 187 Å². The third kappa shape index (κ3) is 4.95. The molecule has 0 saturated carbocycles. The summed E-state index contributed by atoms with van der Waals surface area (Å²) in [7, 11) is 0.554. The molecule has 1 atom stereocenters. The van der Waals surface area contributed by atoms with Crippen LogP contribution in [-0.2, 0) is 19.6 Å². The molecule has 2 aromatic carbocycles. The van der Waals surface area contributed by atoms with Crippen LogP contribution in [0.1, 0.15) is 11.6 Å². The Morgan fingerprint density at radius 2 is 1.55 bits per heavy atom. The topological polar surface area (TPSA) is 85.4 Å². The molecule has 1 fully saturated rings. The second-order valence-electron chi connectivity index (χ2n) is 6.93. The molecule has 0 aliphatic carbocycles. The number of benzene rings is 2. The molecule has 3 rings (SSSR count). The van der Waals surface area contributed by atoms with E-state index >= 15 is 0 Å². The maximum absolute atomic E-state index is 13.1. The summed E-state index contributed by atoms with van der Waals surface area (Å²) in [6.07, 6.45) is 0. The van der Waals surface area contributed by atoms with Crippen LogP contribution >= 0.6 is 11.6 Å². The summed E-state index contributed by atoms with van der Waals surface area (Å²) in [5.41, 5.74) is 0.743. The van der Waals surface area contributed by atoms with Gasteiger partial charge in [-0.05, 0) is 29.8 Å². The first-order valence-corrected chi connectivity index (χ1v) is 11.4. The minimum atomic E-state index is -3.73. The van der Waals surface area contributed by atoms with E-state index in [1.165, 1.54) is 37.8 Å². The summed E-state index contributed by atoms with van der Waals surface area (Å²) in [6.45, 7) is 1.21. The molecule has 2 aromatic rings. The van der Waals surface area contributed by atoms with Crippen LogP contribution in [0.3, 0.4) is 0 Å². The number of esters is 1. The first kappa shape index (κ1) is 23.3. The normalized spacial score (nSPS) is 16.5. The fourth-order valence-electron chi connectivity index (χ4n) is 3.58. The van der Waals surface area contributed by atoms with Crippen molar-refractivity contribution in [3.63, 3.8) is 0 Å². The predicted molar refractivity (Wildman–Crippen MR) is 116 cm³/mol. The van der Waals surface area contributed by atoms with E-state index in [1.807, 2.05) is 4.90 Å². The highest BCUT2D eigenvalue weighted by atomic mass is 35.5. The van der Waals surface area contributed by atoms with Crippen LogP contribution < -0.4 is 9.47 Å². The number of rotatable bonds is 7. The van der Waals surface area contributed by atoms with Gasteiger partial charge in [-0.3, -0.25) is 4.90 Å². The van der Waals surface area contributed by atoms with Gasteiger partial charge >= 0.3 is 5.97 Å². The molecule has 1 aliphatic rings. The third-order valence-electron chi connectivity index (χ3n) is 5.24. The molecule has 1 heterocycles. The minimum absolute atomic E-state index is 0.126. The highest BCUT2D eigenvalue weighted by Crippen LogP contribution is 2.32. The molecular formula is C21H25ClN2O6S. The highest BCUT2D eigenvalue weighted by molar-refractivity contribution is 7.89. The van der Waals surface area contributed by atoms with Crippen LogP contribution in [-0.4, -0.2) is 71.1 Å². The van der Waals surface area contributed by atoms with E-state index in [2.05, 4.69) is 0 Å². The number of piperazine rings is 1. The molecule has 0 bridgehead atoms. The summed E-state index contributed by atoms with van der Waals surface area (Å²) in [5.74, 6) is 0.393. The Kier molecular flexibility index (Phi) is 7.42. The number of nitrogens with zero attached hydrogens (tertiary/aromatic N) is 2. The molecule has 0 spiro atoms. The summed E-state index contributed by atoms with van der Waals surface area (Å²) >= 11 is 5.96. The summed E-state index contributed by atoms with van der Waals surface area (Å²) in [5, 5.41) is 0.568. The molecule has 8 nitrogen and oxygen atoms in total. The standard InChI is InChI=1S/C21H25ClN2O6S/c1-28-18-9-8-17(14-19(18)29-2)31(26,27)24-12-10-23(11-13-24)20(21(25)30-3)15-4-6-16(22)7-5-15/h4-9,14,20H,10-13H2,1-3H3. The van der Waals surface area contributed by atoms with Gasteiger partial charge in [0.1, 0.15) is 6.04 Å². The first-order valence-electron chi connectivity index (χ1n) is 9.61. The van der Waals surface area contributed by atoms with E-state index in [9.17, 15) is 13.2 Å². The van der Waals surface area contributed by atoms with E-state index in [4.69, 9.17) is 25.8 Å². The Hall–Kier alpha value is -2.33. The van der Waals surface area contributed by atoms with Gasteiger partial charge in [-0.15, -0.1) is 0 Å². The van der Waals surface area contributed by atoms with Gasteiger partial charge in [0.15, 0.2) is 11.5 Å². The largest absolute Gasteiger partial charge is 0.493 e. The number of sulfonamides is 1. The van der Waals surface area contributed by atoms with Crippen LogP contribution in [0.15, 0.2) is 47.4 Å². The van der Waals surface area contributed by atoms with Gasteiger partial charge in [-0.1, -0.05) is 23.7 Å². The van der Waals surface area contributed by atoms with Gasteiger partial charge in [0.05, 0.1) is 26.2 Å². The SMILES string of the molecule is COC(=O)C(c1ccc(Cl)cc1)N1CCN(S(=O)(=O)c2ccc(OC)c(OC)c2)CC1. The highest BCUT2D eigenvalue weighted by Gasteiger charge is 2.35. The Bertz CT molecular complexity index is 1020. The van der Waals surface area contributed by atoms with E-state index in [0.29, 0.717) is 29.6 Å². The number of halogens is 1. The molecule has 168 valence electrons. The number of hydrogen-bond acceptors (Lipinski definition) is 7. The van der Waals surface area contributed by atoms with Crippen LogP contribution in [0.2, 0.25) is 5.02 Å². The average molecular weight is 469 g/mol. The summed E-state index contributed by atoms with van der Waals surface area (Å²) in [4.78, 5) is 14.5. The second-order valence-corrected chi connectivity index (χ2v) is 9.31. The molecule has 0 radical (unpaired) electrons. The van der Waals surface area contributed by atoms with Crippen LogP contribution in [0.25, 0.3) is 0 Å². The minimum Gasteiger partial charge on any atom is -0.493 e. The van der Waals surface area contributed by atoms with E-state index in [-0.39, 0.29) is 18.0 Å². The molecular weight excluding hydrogens is 444 g/mol. The van der Waals surface area contributed by atoms with Gasteiger partial charge in [-0.2, -0.15) is 4.31 Å². The molecule has 1 aliphatic heterocycles.